The number of benzene rings is 4. The summed E-state index contributed by atoms with van der Waals surface area (Å²) in [6, 6.07) is 43.1. The first kappa shape index (κ1) is 35.1. The molecule has 6 aromatic carbocycles. The molecule has 0 amide bonds. The van der Waals surface area contributed by atoms with E-state index in [9.17, 15) is 0 Å². The molecule has 0 spiro atoms. The van der Waals surface area contributed by atoms with Crippen LogP contribution in [0.5, 0.6) is 0 Å². The van der Waals surface area contributed by atoms with E-state index in [0.717, 1.165) is 0 Å². The Kier molecular flexibility index (Phi) is 15.5. The van der Waals surface area contributed by atoms with E-state index in [1.54, 1.807) is 19.8 Å². The second-order valence-corrected chi connectivity index (χ2v) is 8.41. The molecule has 0 nitrogen and oxygen atoms in total. The van der Waals surface area contributed by atoms with Crippen LogP contribution in [0, 0.1) is 43.6 Å². The van der Waals surface area contributed by atoms with Gasteiger partial charge in [0.25, 0.3) is 0 Å². The zero-order valence-electron chi connectivity index (χ0n) is 23.5. The molecule has 2 radical (unpaired) electrons. The van der Waals surface area contributed by atoms with Gasteiger partial charge in [-0.3, -0.25) is 0 Å². The predicted octanol–water partition coefficient (Wildman–Crippen LogP) is 10.5. The van der Waals surface area contributed by atoms with Crippen LogP contribution in [-0.2, 0) is 19.8 Å². The summed E-state index contributed by atoms with van der Waals surface area (Å²) < 4.78 is 0. The zero-order chi connectivity index (χ0) is 23.9. The van der Waals surface area contributed by atoms with Crippen molar-refractivity contribution in [3.05, 3.63) is 162 Å². The summed E-state index contributed by atoms with van der Waals surface area (Å²) in [6.07, 6.45) is 0. The molecule has 0 aromatic heterocycles. The molecule has 0 heterocycles. The van der Waals surface area contributed by atoms with Gasteiger partial charge < -0.3 is 29.7 Å². The van der Waals surface area contributed by atoms with Crippen LogP contribution in [0.3, 0.4) is 0 Å². The van der Waals surface area contributed by atoms with Crippen LogP contribution in [0.25, 0.3) is 43.8 Å². The summed E-state index contributed by atoms with van der Waals surface area (Å²) >= 11 is 1.56. The molecule has 2 heteroatoms. The van der Waals surface area contributed by atoms with Crippen molar-refractivity contribution in [3.8, 4) is 22.3 Å². The third-order valence-electron chi connectivity index (χ3n) is 5.96. The fourth-order valence-corrected chi connectivity index (χ4v) is 4.51. The molecule has 6 rings (SSSR count). The normalized spacial score (nSPS) is 9.18. The summed E-state index contributed by atoms with van der Waals surface area (Å²) in [4.78, 5) is 0. The molecule has 0 saturated carbocycles. The molecule has 197 valence electrons. The summed E-state index contributed by atoms with van der Waals surface area (Å²) in [5.74, 6) is 0. The SMILES string of the molecule is Cc1cc2c(-c3ccccc3)cccc2[cH-]1.Cc1cc2c(-c3ccccc3)cccc2[cH-]1.[CH3-].[CH3-].[CH3-].[CH3-].[Si]=[Nb]. The number of fused-ring (bicyclic) bond motifs is 2. The van der Waals surface area contributed by atoms with E-state index in [-0.39, 0.29) is 29.7 Å². The van der Waals surface area contributed by atoms with Crippen LogP contribution in [0.2, 0.25) is 0 Å². The molecule has 0 fully saturated rings. The van der Waals surface area contributed by atoms with Crippen molar-refractivity contribution in [1.29, 1.82) is 0 Å². The van der Waals surface area contributed by atoms with E-state index in [0.29, 0.717) is 0 Å². The van der Waals surface area contributed by atoms with Gasteiger partial charge in [0, 0.05) is 0 Å². The van der Waals surface area contributed by atoms with Crippen LogP contribution in [0.1, 0.15) is 11.1 Å². The minimum absolute atomic E-state index is 0. The van der Waals surface area contributed by atoms with Gasteiger partial charge >= 0.3 is 27.3 Å². The fourth-order valence-electron chi connectivity index (χ4n) is 4.51. The minimum atomic E-state index is 0. The van der Waals surface area contributed by atoms with Gasteiger partial charge in [-0.05, 0) is 11.1 Å². The third-order valence-corrected chi connectivity index (χ3v) is 5.96. The Morgan fingerprint density at radius 3 is 1.16 bits per heavy atom. The van der Waals surface area contributed by atoms with Gasteiger partial charge in [-0.15, -0.1) is 69.1 Å². The van der Waals surface area contributed by atoms with Crippen molar-refractivity contribution in [2.75, 3.05) is 0 Å². The second kappa shape index (κ2) is 16.8. The Balaban J connectivity index is 0.000000616. The second-order valence-electron chi connectivity index (χ2n) is 8.41. The average molecular weight is 592 g/mol. The molecule has 0 bridgehead atoms. The molecule has 6 aromatic rings. The van der Waals surface area contributed by atoms with Crippen molar-refractivity contribution in [2.45, 2.75) is 13.8 Å². The molecular formula is C36H38NbSi-6. The maximum atomic E-state index is 3.02. The third kappa shape index (κ3) is 8.03. The van der Waals surface area contributed by atoms with Crippen LogP contribution in [0.15, 0.2) is 121 Å². The van der Waals surface area contributed by atoms with E-state index in [2.05, 4.69) is 143 Å². The van der Waals surface area contributed by atoms with Gasteiger partial charge in [0.1, 0.15) is 0 Å². The van der Waals surface area contributed by atoms with Crippen molar-refractivity contribution < 1.29 is 19.8 Å². The molecule has 0 aliphatic carbocycles. The molecule has 0 unspecified atom stereocenters. The topological polar surface area (TPSA) is 0 Å². The first-order chi connectivity index (χ1) is 16.7. The van der Waals surface area contributed by atoms with E-state index in [4.69, 9.17) is 0 Å². The van der Waals surface area contributed by atoms with E-state index < -0.39 is 0 Å². The number of aryl methyl sites for hydroxylation is 2. The van der Waals surface area contributed by atoms with Gasteiger partial charge in [-0.25, -0.2) is 0 Å². The average Bonchev–Trinajstić information content (AvgIpc) is 3.47. The predicted molar refractivity (Wildman–Crippen MR) is 171 cm³/mol. The van der Waals surface area contributed by atoms with Crippen LogP contribution >= 0.6 is 0 Å². The van der Waals surface area contributed by atoms with Gasteiger partial charge in [-0.1, -0.05) is 97.8 Å². The Morgan fingerprint density at radius 1 is 0.474 bits per heavy atom. The van der Waals surface area contributed by atoms with Crippen LogP contribution in [0.4, 0.5) is 0 Å². The molecule has 0 atom stereocenters. The Labute approximate surface area is 246 Å². The van der Waals surface area contributed by atoms with E-state index in [1.807, 2.05) is 0 Å². The molecule has 0 aliphatic rings. The molecule has 0 aliphatic heterocycles. The van der Waals surface area contributed by atoms with Crippen molar-refractivity contribution >= 4 is 29.1 Å². The summed E-state index contributed by atoms with van der Waals surface area (Å²) in [5, 5.41) is 5.37. The standard InChI is InChI=1S/2C16H13.4CH3.Nb.Si/c2*1-12-10-14-8-5-9-15(16(14)11-12)13-6-3-2-4-7-13;;;;;;/h2*2-11H,1H3;4*1H3;;/q6*-1;;. The Bertz CT molecular complexity index is 1380. The van der Waals surface area contributed by atoms with Crippen LogP contribution < -0.4 is 0 Å². The number of hydrogen-bond acceptors (Lipinski definition) is 0. The van der Waals surface area contributed by atoms with E-state index >= 15 is 0 Å². The van der Waals surface area contributed by atoms with Crippen molar-refractivity contribution in [2.24, 2.45) is 0 Å². The zero-order valence-corrected chi connectivity index (χ0v) is 26.7. The van der Waals surface area contributed by atoms with Crippen molar-refractivity contribution in [1.82, 2.24) is 0 Å². The van der Waals surface area contributed by atoms with Gasteiger partial charge in [-0.2, -0.15) is 12.1 Å². The number of hydrogen-bond donors (Lipinski definition) is 0. The van der Waals surface area contributed by atoms with Crippen molar-refractivity contribution in [3.63, 3.8) is 0 Å². The fraction of sp³-hybridized carbons (Fsp3) is 0.0556. The Morgan fingerprint density at radius 2 is 0.816 bits per heavy atom. The molecular weight excluding hydrogens is 553 g/mol. The van der Waals surface area contributed by atoms with Crippen LogP contribution in [-0.4, -0.2) is 7.52 Å². The quantitative estimate of drug-likeness (QED) is 0.139. The summed E-state index contributed by atoms with van der Waals surface area (Å²) in [6.45, 7) is 4.30. The molecule has 0 saturated heterocycles. The maximum absolute atomic E-state index is 3.02. The van der Waals surface area contributed by atoms with E-state index in [1.165, 1.54) is 54.9 Å². The first-order valence-electron chi connectivity index (χ1n) is 11.3. The summed E-state index contributed by atoms with van der Waals surface area (Å²) in [5.41, 5.74) is 7.89. The van der Waals surface area contributed by atoms with Gasteiger partial charge in [0.15, 0.2) is 0 Å². The summed E-state index contributed by atoms with van der Waals surface area (Å²) in [7, 11) is 3.02. The molecule has 0 N–H and O–H groups in total. The first-order valence-corrected chi connectivity index (χ1v) is 15.1. The van der Waals surface area contributed by atoms with Gasteiger partial charge in [0.2, 0.25) is 0 Å². The Hall–Kier alpha value is -2.94. The monoisotopic (exact) mass is 591 g/mol. The number of rotatable bonds is 2. The molecule has 38 heavy (non-hydrogen) atoms. The van der Waals surface area contributed by atoms with Gasteiger partial charge in [0.05, 0.1) is 0 Å².